The first kappa shape index (κ1) is 21.3. The lowest BCUT2D eigenvalue weighted by molar-refractivity contribution is 0.0526. The van der Waals surface area contributed by atoms with Crippen LogP contribution in [-0.4, -0.2) is 16.8 Å². The highest BCUT2D eigenvalue weighted by atomic mass is 35.5. The number of carbonyl (C=O) groups is 1. The Bertz CT molecular complexity index is 1110. The van der Waals surface area contributed by atoms with Crippen molar-refractivity contribution >= 4 is 39.3 Å². The Kier molecular flexibility index (Phi) is 6.28. The summed E-state index contributed by atoms with van der Waals surface area (Å²) in [6.45, 7) is 1.35. The van der Waals surface area contributed by atoms with E-state index in [1.54, 1.807) is 24.3 Å². The second kappa shape index (κ2) is 8.54. The SMILES string of the molecule is CCOC(=O)c1c(C[S@](=O)Cc2ccc(Cl)cc2)oc2c(F)c(F)c(F)c(F)c12. The predicted octanol–water partition coefficient (Wildman–Crippen LogP) is 5.27. The van der Waals surface area contributed by atoms with Gasteiger partial charge in [-0.15, -0.1) is 0 Å². The van der Waals surface area contributed by atoms with Crippen molar-refractivity contribution in [3.8, 4) is 0 Å². The van der Waals surface area contributed by atoms with E-state index >= 15 is 0 Å². The second-order valence-corrected chi connectivity index (χ2v) is 7.83. The van der Waals surface area contributed by atoms with Gasteiger partial charge in [0.15, 0.2) is 17.2 Å². The van der Waals surface area contributed by atoms with Crippen molar-refractivity contribution in [2.45, 2.75) is 18.4 Å². The molecule has 0 unspecified atom stereocenters. The van der Waals surface area contributed by atoms with Crippen LogP contribution in [0.1, 0.15) is 28.6 Å². The molecule has 3 aromatic rings. The van der Waals surface area contributed by atoms with Gasteiger partial charge in [-0.25, -0.2) is 18.0 Å². The molecule has 3 rings (SSSR count). The van der Waals surface area contributed by atoms with Gasteiger partial charge in [-0.1, -0.05) is 23.7 Å². The average molecular weight is 449 g/mol. The zero-order chi connectivity index (χ0) is 21.3. The van der Waals surface area contributed by atoms with Crippen LogP contribution in [0.5, 0.6) is 0 Å². The van der Waals surface area contributed by atoms with Crippen molar-refractivity contribution in [3.63, 3.8) is 0 Å². The van der Waals surface area contributed by atoms with Crippen molar-refractivity contribution in [2.24, 2.45) is 0 Å². The summed E-state index contributed by atoms with van der Waals surface area (Å²) in [7, 11) is -1.69. The molecule has 4 nitrogen and oxygen atoms in total. The lowest BCUT2D eigenvalue weighted by Gasteiger charge is -2.05. The molecule has 2 aromatic carbocycles. The summed E-state index contributed by atoms with van der Waals surface area (Å²) in [4.78, 5) is 12.3. The fourth-order valence-corrected chi connectivity index (χ4v) is 4.02. The number of esters is 1. The molecule has 0 radical (unpaired) electrons. The number of halogens is 5. The van der Waals surface area contributed by atoms with E-state index in [0.29, 0.717) is 10.6 Å². The highest BCUT2D eigenvalue weighted by Gasteiger charge is 2.32. The van der Waals surface area contributed by atoms with Gasteiger partial charge in [0.1, 0.15) is 11.3 Å². The van der Waals surface area contributed by atoms with E-state index in [-0.39, 0.29) is 12.4 Å². The third-order valence-corrected chi connectivity index (χ3v) is 5.48. The topological polar surface area (TPSA) is 56.5 Å². The van der Waals surface area contributed by atoms with E-state index in [0.717, 1.165) is 0 Å². The maximum absolute atomic E-state index is 14.3. The smallest absolute Gasteiger partial charge is 0.342 e. The zero-order valence-corrected chi connectivity index (χ0v) is 16.4. The lowest BCUT2D eigenvalue weighted by Crippen LogP contribution is -2.09. The molecule has 1 aromatic heterocycles. The number of fused-ring (bicyclic) bond motifs is 1. The van der Waals surface area contributed by atoms with Gasteiger partial charge in [0.05, 0.1) is 17.7 Å². The average Bonchev–Trinajstić information content (AvgIpc) is 3.06. The molecule has 10 heteroatoms. The summed E-state index contributed by atoms with van der Waals surface area (Å²) in [5.41, 5.74) is -0.958. The second-order valence-electron chi connectivity index (χ2n) is 5.94. The maximum atomic E-state index is 14.3. The number of furan rings is 1. The lowest BCUT2D eigenvalue weighted by atomic mass is 10.1. The number of ether oxygens (including phenoxy) is 1. The highest BCUT2D eigenvalue weighted by molar-refractivity contribution is 7.83. The molecule has 0 aliphatic rings. The summed E-state index contributed by atoms with van der Waals surface area (Å²) in [5.74, 6) is -9.69. The fraction of sp³-hybridized carbons (Fsp3) is 0.211. The third-order valence-electron chi connectivity index (χ3n) is 3.99. The van der Waals surface area contributed by atoms with Crippen molar-refractivity contribution < 1.29 is 35.7 Å². The Balaban J connectivity index is 2.06. The zero-order valence-electron chi connectivity index (χ0n) is 14.9. The van der Waals surface area contributed by atoms with Gasteiger partial charge in [-0.05, 0) is 24.6 Å². The first-order chi connectivity index (χ1) is 13.7. The largest absolute Gasteiger partial charge is 0.462 e. The Morgan fingerprint density at radius 1 is 1.03 bits per heavy atom. The first-order valence-electron chi connectivity index (χ1n) is 8.28. The Morgan fingerprint density at radius 2 is 1.66 bits per heavy atom. The third kappa shape index (κ3) is 4.16. The minimum Gasteiger partial charge on any atom is -0.462 e. The van der Waals surface area contributed by atoms with Crippen LogP contribution in [0.3, 0.4) is 0 Å². The van der Waals surface area contributed by atoms with Crippen LogP contribution in [0.25, 0.3) is 11.0 Å². The van der Waals surface area contributed by atoms with Gasteiger partial charge >= 0.3 is 5.97 Å². The molecule has 0 saturated carbocycles. The van der Waals surface area contributed by atoms with E-state index in [2.05, 4.69) is 0 Å². The molecule has 0 spiro atoms. The van der Waals surface area contributed by atoms with E-state index in [9.17, 15) is 26.6 Å². The summed E-state index contributed by atoms with van der Waals surface area (Å²) < 4.78 is 78.0. The summed E-state index contributed by atoms with van der Waals surface area (Å²) in [6, 6.07) is 6.45. The predicted molar refractivity (Wildman–Crippen MR) is 99.0 cm³/mol. The fourth-order valence-electron chi connectivity index (χ4n) is 2.73. The molecule has 154 valence electrons. The monoisotopic (exact) mass is 448 g/mol. The van der Waals surface area contributed by atoms with Gasteiger partial charge in [0.25, 0.3) is 0 Å². The molecule has 0 N–H and O–H groups in total. The van der Waals surface area contributed by atoms with E-state index in [1.807, 2.05) is 0 Å². The minimum absolute atomic E-state index is 0.0180. The van der Waals surface area contributed by atoms with Crippen molar-refractivity contribution in [2.75, 3.05) is 6.61 Å². The molecule has 1 atom stereocenters. The van der Waals surface area contributed by atoms with E-state index < -0.39 is 68.1 Å². The van der Waals surface area contributed by atoms with Crippen molar-refractivity contribution in [3.05, 3.63) is 69.4 Å². The summed E-state index contributed by atoms with van der Waals surface area (Å²) in [5, 5.41) is -0.408. The van der Waals surface area contributed by atoms with Crippen molar-refractivity contribution in [1.82, 2.24) is 0 Å². The molecule has 0 fully saturated rings. The number of benzene rings is 2. The van der Waals surface area contributed by atoms with Crippen LogP contribution < -0.4 is 0 Å². The van der Waals surface area contributed by atoms with E-state index in [1.165, 1.54) is 6.92 Å². The number of hydrogen-bond acceptors (Lipinski definition) is 4. The van der Waals surface area contributed by atoms with Crippen LogP contribution in [0.4, 0.5) is 17.6 Å². The number of hydrogen-bond donors (Lipinski definition) is 0. The van der Waals surface area contributed by atoms with Gasteiger partial charge in [-0.2, -0.15) is 4.39 Å². The van der Waals surface area contributed by atoms with Gasteiger partial charge in [-0.3, -0.25) is 4.21 Å². The Morgan fingerprint density at radius 3 is 2.28 bits per heavy atom. The molecule has 0 saturated heterocycles. The Labute approximate surface area is 169 Å². The van der Waals surface area contributed by atoms with Crippen LogP contribution >= 0.6 is 11.6 Å². The normalized spacial score (nSPS) is 12.3. The van der Waals surface area contributed by atoms with E-state index in [4.69, 9.17) is 20.8 Å². The van der Waals surface area contributed by atoms with Crippen LogP contribution in [0.2, 0.25) is 5.02 Å². The van der Waals surface area contributed by atoms with Crippen molar-refractivity contribution in [1.29, 1.82) is 0 Å². The molecule has 1 heterocycles. The first-order valence-corrected chi connectivity index (χ1v) is 10.1. The van der Waals surface area contributed by atoms with Crippen LogP contribution in [0, 0.1) is 23.3 Å². The maximum Gasteiger partial charge on any atom is 0.342 e. The standard InChI is InChI=1S/C19H13ClF4O4S/c1-2-27-19(25)12-11(8-29(26)7-9-3-5-10(20)6-4-9)28-18-13(12)14(21)15(22)16(23)17(18)24/h3-6H,2,7-8H2,1H3/t29-/m1/s1. The molecule has 0 bridgehead atoms. The molecular formula is C19H13ClF4O4S. The molecular weight excluding hydrogens is 436 g/mol. The molecule has 0 aliphatic carbocycles. The summed E-state index contributed by atoms with van der Waals surface area (Å²) >= 11 is 5.79. The quantitative estimate of drug-likeness (QED) is 0.223. The molecule has 0 amide bonds. The van der Waals surface area contributed by atoms with Gasteiger partial charge in [0, 0.05) is 21.6 Å². The van der Waals surface area contributed by atoms with Gasteiger partial charge < -0.3 is 9.15 Å². The molecule has 0 aliphatic heterocycles. The number of rotatable bonds is 6. The molecule has 29 heavy (non-hydrogen) atoms. The highest BCUT2D eigenvalue weighted by Crippen LogP contribution is 2.35. The Hall–Kier alpha value is -2.39. The van der Waals surface area contributed by atoms with Gasteiger partial charge in [0.2, 0.25) is 11.6 Å². The van der Waals surface area contributed by atoms with Crippen LogP contribution in [0.15, 0.2) is 28.7 Å². The minimum atomic E-state index is -2.09. The van der Waals surface area contributed by atoms with Crippen LogP contribution in [-0.2, 0) is 27.0 Å². The number of carbonyl (C=O) groups excluding carboxylic acids is 1. The summed E-state index contributed by atoms with van der Waals surface area (Å²) in [6.07, 6.45) is 0.